The van der Waals surface area contributed by atoms with Crippen molar-refractivity contribution in [2.24, 2.45) is 0 Å². The second kappa shape index (κ2) is 7.25. The van der Waals surface area contributed by atoms with Crippen LogP contribution in [0.1, 0.15) is 20.3 Å². The third kappa shape index (κ3) is 8.14. The first kappa shape index (κ1) is 12.8. The van der Waals surface area contributed by atoms with E-state index in [1.54, 1.807) is 13.8 Å². The molecule has 0 fully saturated rings. The van der Waals surface area contributed by atoms with Crippen molar-refractivity contribution in [2.75, 3.05) is 0 Å². The van der Waals surface area contributed by atoms with Crippen molar-refractivity contribution in [1.29, 1.82) is 0 Å². The van der Waals surface area contributed by atoms with E-state index in [1.807, 2.05) is 0 Å². The summed E-state index contributed by atoms with van der Waals surface area (Å²) in [4.78, 5) is 20.1. The molecular formula is C6H11NaO3. The summed E-state index contributed by atoms with van der Waals surface area (Å²) in [6.45, 7) is 3.48. The summed E-state index contributed by atoms with van der Waals surface area (Å²) < 4.78 is 4.62. The van der Waals surface area contributed by atoms with E-state index in [-0.39, 0.29) is 42.1 Å². The predicted octanol–water partition coefficient (Wildman–Crippen LogP) is -0.122. The Kier molecular flexibility index (Phi) is 9.27. The zero-order chi connectivity index (χ0) is 7.28. The van der Waals surface area contributed by atoms with E-state index in [0.29, 0.717) is 6.29 Å². The predicted molar refractivity (Wildman–Crippen MR) is 39.1 cm³/mol. The number of hydrogen-bond acceptors (Lipinski definition) is 3. The molecule has 0 atom stereocenters. The Labute approximate surface area is 82.4 Å². The van der Waals surface area contributed by atoms with E-state index in [2.05, 4.69) is 4.74 Å². The molecule has 0 rings (SSSR count). The number of hydrogen-bond donors (Lipinski definition) is 0. The van der Waals surface area contributed by atoms with E-state index >= 15 is 0 Å². The van der Waals surface area contributed by atoms with Crippen molar-refractivity contribution in [3.63, 3.8) is 0 Å². The van der Waals surface area contributed by atoms with Gasteiger partial charge in [-0.1, -0.05) is 0 Å². The average molecular weight is 154 g/mol. The van der Waals surface area contributed by atoms with E-state index in [9.17, 15) is 9.59 Å². The molecule has 0 aliphatic heterocycles. The monoisotopic (exact) mass is 154 g/mol. The van der Waals surface area contributed by atoms with Gasteiger partial charge in [0.05, 0.1) is 6.10 Å². The molecule has 0 heterocycles. The minimum absolute atomic E-state index is 0. The van der Waals surface area contributed by atoms with Gasteiger partial charge in [0.1, 0.15) is 12.7 Å². The summed E-state index contributed by atoms with van der Waals surface area (Å²) >= 11 is 0. The van der Waals surface area contributed by atoms with Crippen molar-refractivity contribution in [2.45, 2.75) is 26.4 Å². The topological polar surface area (TPSA) is 43.4 Å². The SMILES string of the molecule is CC(C)OC(=O)CC=O.[NaH]. The van der Waals surface area contributed by atoms with Gasteiger partial charge in [0.2, 0.25) is 0 Å². The van der Waals surface area contributed by atoms with Gasteiger partial charge in [-0.05, 0) is 13.8 Å². The van der Waals surface area contributed by atoms with Gasteiger partial charge >= 0.3 is 35.5 Å². The molecule has 0 N–H and O–H groups in total. The van der Waals surface area contributed by atoms with Gasteiger partial charge in [-0.3, -0.25) is 4.79 Å². The van der Waals surface area contributed by atoms with Crippen molar-refractivity contribution in [3.05, 3.63) is 0 Å². The van der Waals surface area contributed by atoms with Crippen molar-refractivity contribution >= 4 is 41.8 Å². The molecule has 10 heavy (non-hydrogen) atoms. The average Bonchev–Trinajstić information content (AvgIpc) is 1.63. The van der Waals surface area contributed by atoms with E-state index in [0.717, 1.165) is 0 Å². The first-order valence-electron chi connectivity index (χ1n) is 2.80. The number of aldehydes is 1. The number of esters is 1. The Hall–Kier alpha value is 0.140. The molecule has 0 radical (unpaired) electrons. The summed E-state index contributed by atoms with van der Waals surface area (Å²) in [6.07, 6.45) is 0.264. The van der Waals surface area contributed by atoms with Crippen LogP contribution < -0.4 is 0 Å². The fraction of sp³-hybridized carbons (Fsp3) is 0.667. The summed E-state index contributed by atoms with van der Waals surface area (Å²) in [6, 6.07) is 0. The summed E-state index contributed by atoms with van der Waals surface area (Å²) in [5.41, 5.74) is 0. The zero-order valence-electron chi connectivity index (χ0n) is 5.59. The van der Waals surface area contributed by atoms with Crippen LogP contribution >= 0.6 is 0 Å². The van der Waals surface area contributed by atoms with E-state index in [4.69, 9.17) is 0 Å². The maximum absolute atomic E-state index is 10.4. The first-order valence-corrected chi connectivity index (χ1v) is 2.80. The van der Waals surface area contributed by atoms with Gasteiger partial charge in [-0.15, -0.1) is 0 Å². The van der Waals surface area contributed by atoms with Crippen LogP contribution in [0.2, 0.25) is 0 Å². The fourth-order valence-electron chi connectivity index (χ4n) is 0.379. The number of carbonyl (C=O) groups is 2. The molecule has 0 spiro atoms. The number of carbonyl (C=O) groups excluding carboxylic acids is 2. The van der Waals surface area contributed by atoms with Crippen LogP contribution in [-0.4, -0.2) is 47.9 Å². The Morgan fingerprint density at radius 1 is 1.60 bits per heavy atom. The molecule has 0 aliphatic rings. The van der Waals surface area contributed by atoms with Crippen molar-refractivity contribution < 1.29 is 14.3 Å². The second-order valence-electron chi connectivity index (χ2n) is 1.91. The summed E-state index contributed by atoms with van der Waals surface area (Å²) in [5.74, 6) is -0.458. The second-order valence-corrected chi connectivity index (χ2v) is 1.91. The van der Waals surface area contributed by atoms with Crippen LogP contribution in [0, 0.1) is 0 Å². The van der Waals surface area contributed by atoms with Crippen LogP contribution in [0.5, 0.6) is 0 Å². The Bertz CT molecular complexity index is 112. The molecule has 0 aromatic heterocycles. The number of rotatable bonds is 3. The Morgan fingerprint density at radius 2 is 2.10 bits per heavy atom. The third-order valence-corrected chi connectivity index (χ3v) is 0.617. The molecule has 0 saturated heterocycles. The quantitative estimate of drug-likeness (QED) is 0.246. The molecule has 0 aromatic rings. The Balaban J connectivity index is 0. The van der Waals surface area contributed by atoms with Gasteiger partial charge in [0.15, 0.2) is 0 Å². The van der Waals surface area contributed by atoms with Gasteiger partial charge in [0, 0.05) is 0 Å². The van der Waals surface area contributed by atoms with Crippen LogP contribution in [0.4, 0.5) is 0 Å². The molecule has 0 bridgehead atoms. The van der Waals surface area contributed by atoms with Gasteiger partial charge in [-0.2, -0.15) is 0 Å². The summed E-state index contributed by atoms with van der Waals surface area (Å²) in [5, 5.41) is 0. The standard InChI is InChI=1S/C6H10O3.Na.H/c1-5(2)9-6(8)3-4-7;;/h4-5H,3H2,1-2H3;;. The van der Waals surface area contributed by atoms with Crippen LogP contribution in [0.25, 0.3) is 0 Å². The van der Waals surface area contributed by atoms with Crippen LogP contribution in [0.3, 0.4) is 0 Å². The molecule has 54 valence electrons. The first-order chi connectivity index (χ1) is 4.16. The molecule has 0 amide bonds. The van der Waals surface area contributed by atoms with Crippen LogP contribution in [0.15, 0.2) is 0 Å². The molecule has 0 aliphatic carbocycles. The molecule has 0 unspecified atom stereocenters. The van der Waals surface area contributed by atoms with Gasteiger partial charge in [0.25, 0.3) is 0 Å². The molecule has 3 nitrogen and oxygen atoms in total. The number of ether oxygens (including phenoxy) is 1. The molecule has 4 heteroatoms. The van der Waals surface area contributed by atoms with E-state index in [1.165, 1.54) is 0 Å². The molecule has 0 aromatic carbocycles. The van der Waals surface area contributed by atoms with Gasteiger partial charge < -0.3 is 9.53 Å². The fourth-order valence-corrected chi connectivity index (χ4v) is 0.379. The zero-order valence-corrected chi connectivity index (χ0v) is 5.59. The minimum atomic E-state index is -0.458. The summed E-state index contributed by atoms with van der Waals surface area (Å²) in [7, 11) is 0. The van der Waals surface area contributed by atoms with Crippen LogP contribution in [-0.2, 0) is 14.3 Å². The van der Waals surface area contributed by atoms with Crippen molar-refractivity contribution in [1.82, 2.24) is 0 Å². The molecule has 0 saturated carbocycles. The van der Waals surface area contributed by atoms with Gasteiger partial charge in [-0.25, -0.2) is 0 Å². The Morgan fingerprint density at radius 3 is 2.40 bits per heavy atom. The van der Waals surface area contributed by atoms with Crippen molar-refractivity contribution in [3.8, 4) is 0 Å². The molecular weight excluding hydrogens is 143 g/mol. The van der Waals surface area contributed by atoms with E-state index < -0.39 is 5.97 Å². The normalized spacial score (nSPS) is 8.30. The maximum atomic E-state index is 10.4. The third-order valence-electron chi connectivity index (χ3n) is 0.617.